The second-order valence-corrected chi connectivity index (χ2v) is 4.82. The normalized spacial score (nSPS) is 45.1. The van der Waals surface area contributed by atoms with Gasteiger partial charge in [-0.15, -0.1) is 0 Å². The number of aliphatic hydroxyl groups is 1. The molecule has 2 fully saturated rings. The predicted molar refractivity (Wildman–Crippen MR) is 52.8 cm³/mol. The molecule has 1 aliphatic carbocycles. The fourth-order valence-corrected chi connectivity index (χ4v) is 2.44. The van der Waals surface area contributed by atoms with E-state index in [0.29, 0.717) is 6.42 Å². The summed E-state index contributed by atoms with van der Waals surface area (Å²) in [4.78, 5) is 0. The Bertz CT molecular complexity index is 259. The van der Waals surface area contributed by atoms with Gasteiger partial charge in [-0.25, -0.2) is 0 Å². The second kappa shape index (κ2) is 3.05. The third-order valence-electron chi connectivity index (χ3n) is 3.07. The molecular weight excluding hydrogens is 180 g/mol. The van der Waals surface area contributed by atoms with Crippen LogP contribution in [0.1, 0.15) is 27.2 Å². The van der Waals surface area contributed by atoms with Gasteiger partial charge in [0.15, 0.2) is 5.79 Å². The average Bonchev–Trinajstić information content (AvgIpc) is 2.47. The van der Waals surface area contributed by atoms with Crippen LogP contribution in [-0.4, -0.2) is 29.2 Å². The summed E-state index contributed by atoms with van der Waals surface area (Å²) in [5.41, 5.74) is 1.07. The van der Waals surface area contributed by atoms with Crippen LogP contribution in [0.5, 0.6) is 0 Å². The number of hydrogen-bond donors (Lipinski definition) is 1. The summed E-state index contributed by atoms with van der Waals surface area (Å²) in [5.74, 6) is -0.332. The third kappa shape index (κ3) is 1.49. The zero-order chi connectivity index (χ0) is 10.5. The highest BCUT2D eigenvalue weighted by Gasteiger charge is 2.53. The average molecular weight is 198 g/mol. The summed E-state index contributed by atoms with van der Waals surface area (Å²) in [6, 6.07) is 0. The van der Waals surface area contributed by atoms with Crippen LogP contribution >= 0.6 is 0 Å². The molecule has 1 heterocycles. The maximum Gasteiger partial charge on any atom is 0.163 e. The van der Waals surface area contributed by atoms with Gasteiger partial charge < -0.3 is 14.6 Å². The van der Waals surface area contributed by atoms with E-state index in [0.717, 1.165) is 5.57 Å². The lowest BCUT2D eigenvalue weighted by molar-refractivity contribution is -0.165. The molecule has 3 nitrogen and oxygen atoms in total. The quantitative estimate of drug-likeness (QED) is 0.648. The molecule has 14 heavy (non-hydrogen) atoms. The molecule has 0 bridgehead atoms. The van der Waals surface area contributed by atoms with Crippen LogP contribution in [0.15, 0.2) is 12.2 Å². The Morgan fingerprint density at radius 2 is 1.93 bits per heavy atom. The molecule has 0 aromatic rings. The summed E-state index contributed by atoms with van der Waals surface area (Å²) in [5, 5.41) is 9.80. The number of fused-ring (bicyclic) bond motifs is 1. The van der Waals surface area contributed by atoms with Gasteiger partial charge in [0.2, 0.25) is 0 Å². The van der Waals surface area contributed by atoms with Gasteiger partial charge in [-0.3, -0.25) is 0 Å². The van der Waals surface area contributed by atoms with Gasteiger partial charge in [-0.05, 0) is 27.2 Å². The molecule has 80 valence electrons. The number of rotatable bonds is 1. The highest BCUT2D eigenvalue weighted by molar-refractivity contribution is 5.10. The van der Waals surface area contributed by atoms with E-state index in [9.17, 15) is 5.11 Å². The van der Waals surface area contributed by atoms with Crippen LogP contribution in [0, 0.1) is 5.92 Å². The summed E-state index contributed by atoms with van der Waals surface area (Å²) in [6.07, 6.45) is 0.105. The smallest absolute Gasteiger partial charge is 0.163 e. The second-order valence-electron chi connectivity index (χ2n) is 4.82. The molecule has 1 aliphatic heterocycles. The molecule has 1 unspecified atom stereocenters. The van der Waals surface area contributed by atoms with Crippen LogP contribution in [-0.2, 0) is 9.47 Å². The van der Waals surface area contributed by atoms with E-state index in [-0.39, 0.29) is 18.1 Å². The van der Waals surface area contributed by atoms with Crippen molar-refractivity contribution < 1.29 is 14.6 Å². The van der Waals surface area contributed by atoms with Crippen molar-refractivity contribution in [1.29, 1.82) is 0 Å². The van der Waals surface area contributed by atoms with Crippen LogP contribution in [0.4, 0.5) is 0 Å². The van der Waals surface area contributed by atoms with Gasteiger partial charge in [0.05, 0.1) is 12.2 Å². The lowest BCUT2D eigenvalue weighted by atomic mass is 9.98. The van der Waals surface area contributed by atoms with Gasteiger partial charge in [-0.1, -0.05) is 12.2 Å². The fraction of sp³-hybridized carbons (Fsp3) is 0.818. The Hall–Kier alpha value is -0.380. The minimum Gasteiger partial charge on any atom is -0.390 e. The van der Waals surface area contributed by atoms with E-state index < -0.39 is 11.9 Å². The van der Waals surface area contributed by atoms with Crippen molar-refractivity contribution in [3.63, 3.8) is 0 Å². The van der Waals surface area contributed by atoms with Crippen molar-refractivity contribution in [3.05, 3.63) is 12.2 Å². The largest absolute Gasteiger partial charge is 0.390 e. The van der Waals surface area contributed by atoms with E-state index in [1.807, 2.05) is 20.8 Å². The summed E-state index contributed by atoms with van der Waals surface area (Å²) >= 11 is 0. The lowest BCUT2D eigenvalue weighted by Crippen LogP contribution is -2.28. The zero-order valence-electron chi connectivity index (χ0n) is 8.99. The van der Waals surface area contributed by atoms with E-state index >= 15 is 0 Å². The van der Waals surface area contributed by atoms with Crippen LogP contribution in [0.2, 0.25) is 0 Å². The van der Waals surface area contributed by atoms with Crippen molar-refractivity contribution in [3.8, 4) is 0 Å². The molecule has 3 heteroatoms. The Kier molecular flexibility index (Phi) is 2.21. The topological polar surface area (TPSA) is 38.7 Å². The van der Waals surface area contributed by atoms with Crippen molar-refractivity contribution in [2.24, 2.45) is 5.92 Å². The van der Waals surface area contributed by atoms with Crippen molar-refractivity contribution >= 4 is 0 Å². The van der Waals surface area contributed by atoms with Gasteiger partial charge >= 0.3 is 0 Å². The molecule has 2 rings (SSSR count). The van der Waals surface area contributed by atoms with Crippen molar-refractivity contribution in [2.75, 3.05) is 0 Å². The molecule has 1 saturated heterocycles. The minimum absolute atomic E-state index is 0.0162. The molecule has 1 saturated carbocycles. The monoisotopic (exact) mass is 198 g/mol. The van der Waals surface area contributed by atoms with E-state index in [1.165, 1.54) is 0 Å². The Morgan fingerprint density at radius 3 is 2.50 bits per heavy atom. The Balaban J connectivity index is 2.19. The fourth-order valence-electron chi connectivity index (χ4n) is 2.44. The maximum atomic E-state index is 9.80. The summed E-state index contributed by atoms with van der Waals surface area (Å²) in [7, 11) is 0. The Labute approximate surface area is 84.7 Å². The molecule has 2 aliphatic rings. The van der Waals surface area contributed by atoms with Crippen LogP contribution < -0.4 is 0 Å². The molecule has 0 radical (unpaired) electrons. The van der Waals surface area contributed by atoms with E-state index in [4.69, 9.17) is 9.47 Å². The molecule has 1 N–H and O–H groups in total. The number of aliphatic hydroxyl groups excluding tert-OH is 1. The first-order chi connectivity index (χ1) is 6.41. The lowest BCUT2D eigenvalue weighted by Gasteiger charge is -2.22. The van der Waals surface area contributed by atoms with E-state index in [1.54, 1.807) is 0 Å². The summed E-state index contributed by atoms with van der Waals surface area (Å²) in [6.45, 7) is 9.68. The molecule has 4 atom stereocenters. The van der Waals surface area contributed by atoms with Crippen LogP contribution in [0.3, 0.4) is 0 Å². The van der Waals surface area contributed by atoms with Crippen LogP contribution in [0.25, 0.3) is 0 Å². The molecular formula is C11H18O3. The van der Waals surface area contributed by atoms with Gasteiger partial charge in [0, 0.05) is 5.92 Å². The third-order valence-corrected chi connectivity index (χ3v) is 3.07. The summed E-state index contributed by atoms with van der Waals surface area (Å²) < 4.78 is 11.4. The first-order valence-corrected chi connectivity index (χ1v) is 5.10. The van der Waals surface area contributed by atoms with Gasteiger partial charge in [-0.2, -0.15) is 0 Å². The SMILES string of the molecule is C=C(C)C1C[C@H](O)[C@@H]2OC(C)(C)O[C@H]12. The molecule has 0 aromatic carbocycles. The Morgan fingerprint density at radius 1 is 1.36 bits per heavy atom. The minimum atomic E-state index is -0.565. The predicted octanol–water partition coefficient (Wildman–Crippen LogP) is 1.46. The van der Waals surface area contributed by atoms with Crippen molar-refractivity contribution in [1.82, 2.24) is 0 Å². The first-order valence-electron chi connectivity index (χ1n) is 5.10. The number of ether oxygens (including phenoxy) is 2. The van der Waals surface area contributed by atoms with Crippen molar-refractivity contribution in [2.45, 2.75) is 51.3 Å². The highest BCUT2D eigenvalue weighted by atomic mass is 16.8. The molecule has 0 spiro atoms. The maximum absolute atomic E-state index is 9.80. The number of hydrogen-bond acceptors (Lipinski definition) is 3. The molecule has 0 amide bonds. The first kappa shape index (κ1) is 10.1. The zero-order valence-corrected chi connectivity index (χ0v) is 8.99. The highest BCUT2D eigenvalue weighted by Crippen LogP contribution is 2.43. The standard InChI is InChI=1S/C11H18O3/c1-6(2)7-5-8(12)10-9(7)13-11(3,4)14-10/h7-10,12H,1,5H2,2-4H3/t7?,8-,9+,10-/m0/s1. The molecule has 0 aromatic heterocycles. The van der Waals surface area contributed by atoms with Gasteiger partial charge in [0.25, 0.3) is 0 Å². The van der Waals surface area contributed by atoms with Gasteiger partial charge in [0.1, 0.15) is 6.10 Å². The van der Waals surface area contributed by atoms with E-state index in [2.05, 4.69) is 6.58 Å².